The first-order valence-corrected chi connectivity index (χ1v) is 4.03. The van der Waals surface area contributed by atoms with Crippen LogP contribution in [0, 0.1) is 6.07 Å². The first kappa shape index (κ1) is 13.5. The van der Waals surface area contributed by atoms with Gasteiger partial charge in [-0.25, -0.2) is 0 Å². The SMILES string of the molecule is COC(=O)CC=Cc1[c-]cccc1.[Y]. The van der Waals surface area contributed by atoms with Crippen molar-refractivity contribution >= 4 is 12.0 Å². The van der Waals surface area contributed by atoms with Crippen LogP contribution in [0.2, 0.25) is 0 Å². The van der Waals surface area contributed by atoms with Crippen molar-refractivity contribution in [3.8, 4) is 0 Å². The molecule has 1 aromatic carbocycles. The molecule has 0 heterocycles. The Labute approximate surface area is 109 Å². The maximum Gasteiger partial charge on any atom is 0.308 e. The van der Waals surface area contributed by atoms with Gasteiger partial charge in [0.25, 0.3) is 0 Å². The van der Waals surface area contributed by atoms with E-state index in [2.05, 4.69) is 10.8 Å². The van der Waals surface area contributed by atoms with Crippen molar-refractivity contribution in [1.82, 2.24) is 0 Å². The summed E-state index contributed by atoms with van der Waals surface area (Å²) >= 11 is 0. The minimum absolute atomic E-state index is 0. The standard InChI is InChI=1S/C11H11O2.Y/c1-13-11(12)9-5-8-10-6-3-2-4-7-10;/h2-6,8H,9H2,1H3;/q-1;. The van der Waals surface area contributed by atoms with Gasteiger partial charge in [-0.3, -0.25) is 4.79 Å². The molecule has 71 valence electrons. The fraction of sp³-hybridized carbons (Fsp3) is 0.182. The number of hydrogen-bond donors (Lipinski definition) is 0. The molecule has 0 aliphatic rings. The van der Waals surface area contributed by atoms with E-state index >= 15 is 0 Å². The molecular weight excluding hydrogens is 253 g/mol. The Morgan fingerprint density at radius 2 is 2.36 bits per heavy atom. The summed E-state index contributed by atoms with van der Waals surface area (Å²) in [6, 6.07) is 10.6. The van der Waals surface area contributed by atoms with Gasteiger partial charge in [0.2, 0.25) is 0 Å². The average molecular weight is 264 g/mol. The molecule has 0 aliphatic carbocycles. The average Bonchev–Trinajstić information content (AvgIpc) is 2.19. The van der Waals surface area contributed by atoms with Crippen molar-refractivity contribution in [3.63, 3.8) is 0 Å². The summed E-state index contributed by atoms with van der Waals surface area (Å²) in [5, 5.41) is 0. The van der Waals surface area contributed by atoms with Crippen LogP contribution in [0.4, 0.5) is 0 Å². The van der Waals surface area contributed by atoms with Crippen molar-refractivity contribution in [1.29, 1.82) is 0 Å². The molecular formula is C11H11O2Y-. The topological polar surface area (TPSA) is 26.3 Å². The summed E-state index contributed by atoms with van der Waals surface area (Å²) in [6.45, 7) is 0. The molecule has 0 unspecified atom stereocenters. The first-order valence-electron chi connectivity index (χ1n) is 4.03. The Balaban J connectivity index is 0.00000169. The second kappa shape index (κ2) is 7.89. The molecule has 2 nitrogen and oxygen atoms in total. The van der Waals surface area contributed by atoms with Gasteiger partial charge in [0.05, 0.1) is 13.5 Å². The number of carbonyl (C=O) groups excluding carboxylic acids is 1. The van der Waals surface area contributed by atoms with Gasteiger partial charge >= 0.3 is 5.97 Å². The third-order valence-electron chi connectivity index (χ3n) is 1.54. The van der Waals surface area contributed by atoms with E-state index in [1.54, 1.807) is 6.08 Å². The van der Waals surface area contributed by atoms with Crippen LogP contribution in [-0.2, 0) is 42.2 Å². The van der Waals surface area contributed by atoms with Crippen LogP contribution >= 0.6 is 0 Å². The van der Waals surface area contributed by atoms with Crippen molar-refractivity contribution in [2.75, 3.05) is 7.11 Å². The molecule has 0 bridgehead atoms. The van der Waals surface area contributed by atoms with Crippen molar-refractivity contribution < 1.29 is 42.2 Å². The van der Waals surface area contributed by atoms with E-state index in [0.717, 1.165) is 5.56 Å². The normalized spacial score (nSPS) is 9.50. The number of ether oxygens (including phenoxy) is 1. The quantitative estimate of drug-likeness (QED) is 0.617. The maximum atomic E-state index is 10.7. The van der Waals surface area contributed by atoms with Gasteiger partial charge in [0.15, 0.2) is 0 Å². The minimum atomic E-state index is -0.229. The molecule has 1 radical (unpaired) electrons. The maximum absolute atomic E-state index is 10.7. The summed E-state index contributed by atoms with van der Waals surface area (Å²) in [4.78, 5) is 10.7. The van der Waals surface area contributed by atoms with Gasteiger partial charge in [-0.2, -0.15) is 5.56 Å². The van der Waals surface area contributed by atoms with Gasteiger partial charge in [-0.1, -0.05) is 0 Å². The molecule has 0 N–H and O–H groups in total. The van der Waals surface area contributed by atoms with Crippen LogP contribution in [0.3, 0.4) is 0 Å². The van der Waals surface area contributed by atoms with Gasteiger partial charge in [-0.05, 0) is 0 Å². The monoisotopic (exact) mass is 264 g/mol. The third kappa shape index (κ3) is 5.30. The van der Waals surface area contributed by atoms with Gasteiger partial charge in [0.1, 0.15) is 0 Å². The third-order valence-corrected chi connectivity index (χ3v) is 1.54. The molecule has 0 fully saturated rings. The fourth-order valence-electron chi connectivity index (χ4n) is 0.876. The summed E-state index contributed by atoms with van der Waals surface area (Å²) in [7, 11) is 1.38. The molecule has 3 heteroatoms. The smallest absolute Gasteiger partial charge is 0.308 e. The minimum Gasteiger partial charge on any atom is -0.469 e. The molecule has 1 rings (SSSR count). The Morgan fingerprint density at radius 3 is 2.93 bits per heavy atom. The van der Waals surface area contributed by atoms with E-state index in [1.165, 1.54) is 7.11 Å². The largest absolute Gasteiger partial charge is 0.469 e. The van der Waals surface area contributed by atoms with Crippen LogP contribution in [0.25, 0.3) is 6.08 Å². The fourth-order valence-corrected chi connectivity index (χ4v) is 0.876. The van der Waals surface area contributed by atoms with Crippen LogP contribution < -0.4 is 0 Å². The Kier molecular flexibility index (Phi) is 7.63. The summed E-state index contributed by atoms with van der Waals surface area (Å²) in [6.07, 6.45) is 3.91. The number of hydrogen-bond acceptors (Lipinski definition) is 2. The van der Waals surface area contributed by atoms with E-state index in [0.29, 0.717) is 6.42 Å². The number of methoxy groups -OCH3 is 1. The Hall–Kier alpha value is -0.466. The van der Waals surface area contributed by atoms with Gasteiger partial charge in [-0.15, -0.1) is 42.5 Å². The van der Waals surface area contributed by atoms with Crippen molar-refractivity contribution in [2.45, 2.75) is 6.42 Å². The van der Waals surface area contributed by atoms with Crippen LogP contribution in [-0.4, -0.2) is 13.1 Å². The van der Waals surface area contributed by atoms with E-state index in [9.17, 15) is 4.79 Å². The van der Waals surface area contributed by atoms with E-state index in [-0.39, 0.29) is 38.7 Å². The second-order valence-corrected chi connectivity index (χ2v) is 2.50. The van der Waals surface area contributed by atoms with E-state index in [4.69, 9.17) is 0 Å². The number of carbonyl (C=O) groups is 1. The predicted molar refractivity (Wildman–Crippen MR) is 50.9 cm³/mol. The molecule has 0 spiro atoms. The molecule has 14 heavy (non-hydrogen) atoms. The van der Waals surface area contributed by atoms with Crippen LogP contribution in [0.1, 0.15) is 12.0 Å². The Morgan fingerprint density at radius 1 is 1.57 bits per heavy atom. The van der Waals surface area contributed by atoms with E-state index in [1.807, 2.05) is 30.3 Å². The molecule has 0 saturated carbocycles. The molecule has 0 atom stereocenters. The number of rotatable bonds is 3. The molecule has 0 saturated heterocycles. The number of benzene rings is 1. The summed E-state index contributed by atoms with van der Waals surface area (Å²) in [5.41, 5.74) is 0.964. The number of esters is 1. The summed E-state index contributed by atoms with van der Waals surface area (Å²) < 4.78 is 4.49. The summed E-state index contributed by atoms with van der Waals surface area (Å²) in [5.74, 6) is -0.229. The zero-order valence-corrected chi connectivity index (χ0v) is 10.9. The predicted octanol–water partition coefficient (Wildman–Crippen LogP) is 2.06. The van der Waals surface area contributed by atoms with Crippen molar-refractivity contribution in [2.24, 2.45) is 0 Å². The second-order valence-electron chi connectivity index (χ2n) is 2.50. The van der Waals surface area contributed by atoms with Crippen molar-refractivity contribution in [3.05, 3.63) is 42.0 Å². The van der Waals surface area contributed by atoms with Crippen LogP contribution in [0.5, 0.6) is 0 Å². The zero-order chi connectivity index (χ0) is 9.52. The zero-order valence-electron chi connectivity index (χ0n) is 8.07. The van der Waals surface area contributed by atoms with Crippen LogP contribution in [0.15, 0.2) is 30.3 Å². The van der Waals surface area contributed by atoms with Gasteiger partial charge in [0, 0.05) is 32.7 Å². The molecule has 0 aliphatic heterocycles. The molecule has 0 amide bonds. The molecule has 1 aromatic rings. The first-order chi connectivity index (χ1) is 6.33. The molecule has 0 aromatic heterocycles. The Bertz CT molecular complexity index is 293. The van der Waals surface area contributed by atoms with Gasteiger partial charge < -0.3 is 4.74 Å². The van der Waals surface area contributed by atoms with E-state index < -0.39 is 0 Å².